The maximum atomic E-state index is 12.9. The Morgan fingerprint density at radius 3 is 2.62 bits per heavy atom. The van der Waals surface area contributed by atoms with Crippen molar-refractivity contribution in [2.75, 3.05) is 31.1 Å². The summed E-state index contributed by atoms with van der Waals surface area (Å²) in [5, 5.41) is 0. The van der Waals surface area contributed by atoms with Gasteiger partial charge >= 0.3 is 0 Å². The fourth-order valence-electron chi connectivity index (χ4n) is 3.47. The Labute approximate surface area is 154 Å². The molecule has 0 N–H and O–H groups in total. The van der Waals surface area contributed by atoms with Crippen LogP contribution in [0.3, 0.4) is 0 Å². The third-order valence-corrected chi connectivity index (χ3v) is 5.23. The lowest BCUT2D eigenvalue weighted by molar-refractivity contribution is 0.0764. The molecule has 0 radical (unpaired) electrons. The van der Waals surface area contributed by atoms with Gasteiger partial charge in [-0.15, -0.1) is 0 Å². The minimum Gasteiger partial charge on any atom is -0.474 e. The third kappa shape index (κ3) is 3.82. The highest BCUT2D eigenvalue weighted by molar-refractivity contribution is 5.94. The summed E-state index contributed by atoms with van der Waals surface area (Å²) < 4.78 is 5.84. The molecule has 1 aromatic carbocycles. The van der Waals surface area contributed by atoms with Crippen LogP contribution >= 0.6 is 0 Å². The van der Waals surface area contributed by atoms with Crippen LogP contribution in [0.25, 0.3) is 0 Å². The minimum absolute atomic E-state index is 0.0702. The molecule has 0 unspecified atom stereocenters. The van der Waals surface area contributed by atoms with Gasteiger partial charge in [-0.25, -0.2) is 4.98 Å². The van der Waals surface area contributed by atoms with E-state index in [2.05, 4.69) is 34.1 Å². The van der Waals surface area contributed by atoms with E-state index < -0.39 is 0 Å². The first-order valence-corrected chi connectivity index (χ1v) is 9.51. The van der Waals surface area contributed by atoms with Gasteiger partial charge in [0, 0.05) is 49.7 Å². The molecule has 2 aliphatic rings. The zero-order chi connectivity index (χ0) is 17.8. The normalized spacial score (nSPS) is 18.2. The van der Waals surface area contributed by atoms with Crippen LogP contribution in [0.15, 0.2) is 48.7 Å². The van der Waals surface area contributed by atoms with E-state index in [1.807, 2.05) is 11.0 Å². The molecule has 4 rings (SSSR count). The van der Waals surface area contributed by atoms with Gasteiger partial charge in [-0.2, -0.15) is 0 Å². The highest BCUT2D eigenvalue weighted by Gasteiger charge is 2.23. The molecule has 1 aliphatic heterocycles. The van der Waals surface area contributed by atoms with Crippen molar-refractivity contribution in [3.8, 4) is 5.88 Å². The molecule has 0 atom stereocenters. The van der Waals surface area contributed by atoms with Gasteiger partial charge in [-0.3, -0.25) is 4.79 Å². The number of benzene rings is 1. The number of hydrogen-bond acceptors (Lipinski definition) is 4. The summed E-state index contributed by atoms with van der Waals surface area (Å²) in [4.78, 5) is 21.5. The number of pyridine rings is 1. The van der Waals surface area contributed by atoms with Gasteiger partial charge in [-0.1, -0.05) is 18.2 Å². The number of carbonyl (C=O) groups excluding carboxylic acids is 1. The second-order valence-corrected chi connectivity index (χ2v) is 7.02. The van der Waals surface area contributed by atoms with Crippen LogP contribution in [-0.4, -0.2) is 48.1 Å². The van der Waals surface area contributed by atoms with Crippen molar-refractivity contribution in [2.45, 2.75) is 31.8 Å². The highest BCUT2D eigenvalue weighted by Crippen LogP contribution is 2.24. The summed E-state index contributed by atoms with van der Waals surface area (Å²) in [5.74, 6) is 0.641. The lowest BCUT2D eigenvalue weighted by Gasteiger charge is -2.26. The Kier molecular flexibility index (Phi) is 5.04. The Bertz CT molecular complexity index is 746. The Hall–Kier alpha value is -2.56. The molecule has 0 bridgehead atoms. The number of aromatic nitrogens is 1. The third-order valence-electron chi connectivity index (χ3n) is 5.23. The number of carbonyl (C=O) groups is 1. The molecule has 0 spiro atoms. The summed E-state index contributed by atoms with van der Waals surface area (Å²) in [6, 6.07) is 14.0. The van der Waals surface area contributed by atoms with E-state index in [0.717, 1.165) is 45.4 Å². The number of para-hydroxylation sites is 1. The van der Waals surface area contributed by atoms with Gasteiger partial charge < -0.3 is 14.5 Å². The molecule has 5 nitrogen and oxygen atoms in total. The zero-order valence-electron chi connectivity index (χ0n) is 15.0. The Morgan fingerprint density at radius 1 is 1.00 bits per heavy atom. The maximum Gasteiger partial charge on any atom is 0.254 e. The van der Waals surface area contributed by atoms with Crippen LogP contribution in [-0.2, 0) is 0 Å². The second-order valence-electron chi connectivity index (χ2n) is 7.02. The van der Waals surface area contributed by atoms with Crippen molar-refractivity contribution >= 4 is 11.6 Å². The van der Waals surface area contributed by atoms with Crippen molar-refractivity contribution < 1.29 is 9.53 Å². The lowest BCUT2D eigenvalue weighted by atomic mass is 9.96. The molecule has 1 aromatic heterocycles. The van der Waals surface area contributed by atoms with Crippen molar-refractivity contribution in [2.24, 2.45) is 0 Å². The van der Waals surface area contributed by atoms with Crippen LogP contribution in [0.5, 0.6) is 5.88 Å². The van der Waals surface area contributed by atoms with E-state index in [1.54, 1.807) is 18.3 Å². The highest BCUT2D eigenvalue weighted by atomic mass is 16.5. The first kappa shape index (κ1) is 16.9. The summed E-state index contributed by atoms with van der Waals surface area (Å²) >= 11 is 0. The van der Waals surface area contributed by atoms with E-state index in [9.17, 15) is 4.79 Å². The predicted molar refractivity (Wildman–Crippen MR) is 102 cm³/mol. The van der Waals surface area contributed by atoms with E-state index in [1.165, 1.54) is 12.1 Å². The van der Waals surface area contributed by atoms with Crippen molar-refractivity contribution in [1.29, 1.82) is 0 Å². The van der Waals surface area contributed by atoms with Crippen molar-refractivity contribution in [1.82, 2.24) is 9.88 Å². The summed E-state index contributed by atoms with van der Waals surface area (Å²) in [6.07, 6.45) is 6.30. The average Bonchev–Trinajstić information content (AvgIpc) is 2.91. The number of rotatable bonds is 4. The van der Waals surface area contributed by atoms with Gasteiger partial charge in [0.2, 0.25) is 5.88 Å². The van der Waals surface area contributed by atoms with Crippen LogP contribution in [0.1, 0.15) is 36.0 Å². The monoisotopic (exact) mass is 351 g/mol. The standard InChI is InChI=1S/C21H25N3O2/c25-21(17-10-11-22-20(16-17)26-19-8-4-9-19)24-13-5-12-23(14-15-24)18-6-2-1-3-7-18/h1-3,6-7,10-11,16,19H,4-5,8-9,12-15H2. The summed E-state index contributed by atoms with van der Waals surface area (Å²) in [7, 11) is 0. The quantitative estimate of drug-likeness (QED) is 0.847. The largest absolute Gasteiger partial charge is 0.474 e. The molecule has 1 amide bonds. The SMILES string of the molecule is O=C(c1ccnc(OC2CCC2)c1)N1CCCN(c2ccccc2)CC1. The number of anilines is 1. The van der Waals surface area contributed by atoms with E-state index in [-0.39, 0.29) is 12.0 Å². The molecule has 1 saturated carbocycles. The van der Waals surface area contributed by atoms with E-state index in [4.69, 9.17) is 4.74 Å². The summed E-state index contributed by atoms with van der Waals surface area (Å²) in [5.41, 5.74) is 1.89. The fourth-order valence-corrected chi connectivity index (χ4v) is 3.47. The van der Waals surface area contributed by atoms with Gasteiger partial charge in [-0.05, 0) is 43.9 Å². The first-order valence-electron chi connectivity index (χ1n) is 9.51. The first-order chi connectivity index (χ1) is 12.8. The molecule has 5 heteroatoms. The second kappa shape index (κ2) is 7.77. The zero-order valence-corrected chi connectivity index (χ0v) is 15.0. The molecule has 2 heterocycles. The van der Waals surface area contributed by atoms with Gasteiger partial charge in [0.05, 0.1) is 0 Å². The summed E-state index contributed by atoms with van der Waals surface area (Å²) in [6.45, 7) is 3.34. The van der Waals surface area contributed by atoms with E-state index >= 15 is 0 Å². The fraction of sp³-hybridized carbons (Fsp3) is 0.429. The molecule has 2 aromatic rings. The molecule has 26 heavy (non-hydrogen) atoms. The van der Waals surface area contributed by atoms with Gasteiger partial charge in [0.25, 0.3) is 5.91 Å². The number of nitrogens with zero attached hydrogens (tertiary/aromatic N) is 3. The average molecular weight is 351 g/mol. The van der Waals surface area contributed by atoms with Crippen molar-refractivity contribution in [3.05, 3.63) is 54.2 Å². The van der Waals surface area contributed by atoms with Crippen LogP contribution in [0, 0.1) is 0 Å². The minimum atomic E-state index is 0.0702. The van der Waals surface area contributed by atoms with Crippen LogP contribution < -0.4 is 9.64 Å². The molecule has 136 valence electrons. The predicted octanol–water partition coefficient (Wildman–Crippen LogP) is 3.37. The van der Waals surface area contributed by atoms with Crippen molar-refractivity contribution in [3.63, 3.8) is 0 Å². The van der Waals surface area contributed by atoms with Gasteiger partial charge in [0.15, 0.2) is 0 Å². The number of ether oxygens (including phenoxy) is 1. The molecule has 1 saturated heterocycles. The number of hydrogen-bond donors (Lipinski definition) is 0. The topological polar surface area (TPSA) is 45.7 Å². The van der Waals surface area contributed by atoms with Crippen LogP contribution in [0.2, 0.25) is 0 Å². The Balaban J connectivity index is 1.41. The molecular weight excluding hydrogens is 326 g/mol. The molecule has 1 aliphatic carbocycles. The molecular formula is C21H25N3O2. The van der Waals surface area contributed by atoms with Crippen LogP contribution in [0.4, 0.5) is 5.69 Å². The van der Waals surface area contributed by atoms with E-state index in [0.29, 0.717) is 11.4 Å². The molecule has 2 fully saturated rings. The maximum absolute atomic E-state index is 12.9. The van der Waals surface area contributed by atoms with Gasteiger partial charge in [0.1, 0.15) is 6.10 Å². The Morgan fingerprint density at radius 2 is 1.85 bits per heavy atom. The smallest absolute Gasteiger partial charge is 0.254 e. The lowest BCUT2D eigenvalue weighted by Crippen LogP contribution is -2.35. The number of amides is 1.